The van der Waals surface area contributed by atoms with E-state index in [0.29, 0.717) is 50.0 Å². The van der Waals surface area contributed by atoms with Crippen LogP contribution in [0.3, 0.4) is 0 Å². The average molecular weight is 913 g/mol. The average Bonchev–Trinajstić information content (AvgIpc) is 3.37. The maximum Gasteiger partial charge on any atom is 0.343 e. The summed E-state index contributed by atoms with van der Waals surface area (Å²) in [5.74, 6) is -0.312. The van der Waals surface area contributed by atoms with E-state index < -0.39 is 18.0 Å². The third-order valence-corrected chi connectivity index (χ3v) is 9.70. The number of nitrogens with zero attached hydrogens (tertiary/aromatic N) is 2. The van der Waals surface area contributed by atoms with Crippen LogP contribution in [0.1, 0.15) is 43.5 Å². The molecule has 5 rings (SSSR count). The van der Waals surface area contributed by atoms with Crippen LogP contribution < -0.4 is 29.1 Å². The summed E-state index contributed by atoms with van der Waals surface area (Å²) in [6.07, 6.45) is 1.75. The lowest BCUT2D eigenvalue weighted by Gasteiger charge is -2.25. The molecule has 0 unspecified atom stereocenters. The molecule has 3 aromatic carbocycles. The highest BCUT2D eigenvalue weighted by molar-refractivity contribution is 14.1. The van der Waals surface area contributed by atoms with Crippen LogP contribution in [0.15, 0.2) is 75.7 Å². The number of hydrogen-bond acceptors (Lipinski definition) is 10. The zero-order chi connectivity index (χ0) is 35.2. The van der Waals surface area contributed by atoms with E-state index >= 15 is 0 Å². The van der Waals surface area contributed by atoms with Crippen LogP contribution in [0.2, 0.25) is 0 Å². The number of ether oxygens (including phenoxy) is 5. The summed E-state index contributed by atoms with van der Waals surface area (Å²) in [6, 6.07) is 14.0. The maximum absolute atomic E-state index is 14.3. The largest absolute Gasteiger partial charge is 0.490 e. The van der Waals surface area contributed by atoms with E-state index in [4.69, 9.17) is 18.9 Å². The van der Waals surface area contributed by atoms with Gasteiger partial charge < -0.3 is 23.7 Å². The van der Waals surface area contributed by atoms with E-state index in [1.807, 2.05) is 12.1 Å². The number of methoxy groups -OCH3 is 1. The molecule has 0 amide bonds. The Morgan fingerprint density at radius 1 is 1.00 bits per heavy atom. The molecule has 0 aliphatic carbocycles. The standard InChI is InChI=1S/C35H31FI2N2O8S/c1-5-45-27-14-21(9-12-26(27)47-18-29(41)44-4)31-30(34(43)46-6-2)19(3)39-35-40(31)33(42)28(49-35)15-22-13-24(37)16-25(38)32(22)48-17-20-7-10-23(36)11-8-20/h7-16,31H,5-6,17-18H2,1-4H3/b28-15+/t31-/m0/s1. The third kappa shape index (κ3) is 8.34. The second-order valence-corrected chi connectivity index (χ2v) is 13.9. The number of allylic oxidation sites excluding steroid dienone is 1. The molecule has 1 aliphatic rings. The van der Waals surface area contributed by atoms with Crippen molar-refractivity contribution in [1.82, 2.24) is 4.57 Å². The Balaban J connectivity index is 1.64. The molecule has 0 saturated carbocycles. The molecule has 49 heavy (non-hydrogen) atoms. The molecule has 0 bridgehead atoms. The van der Waals surface area contributed by atoms with Gasteiger partial charge in [-0.05, 0) is 120 Å². The van der Waals surface area contributed by atoms with E-state index in [2.05, 4.69) is 54.9 Å². The minimum atomic E-state index is -0.906. The zero-order valence-electron chi connectivity index (χ0n) is 26.9. The van der Waals surface area contributed by atoms with Gasteiger partial charge >= 0.3 is 11.9 Å². The number of fused-ring (bicyclic) bond motifs is 1. The van der Waals surface area contributed by atoms with E-state index in [-0.39, 0.29) is 36.8 Å². The van der Waals surface area contributed by atoms with Crippen LogP contribution in [0, 0.1) is 13.0 Å². The molecule has 1 atom stereocenters. The lowest BCUT2D eigenvalue weighted by molar-refractivity contribution is -0.143. The van der Waals surface area contributed by atoms with Crippen molar-refractivity contribution in [2.75, 3.05) is 26.9 Å². The summed E-state index contributed by atoms with van der Waals surface area (Å²) < 4.78 is 44.9. The van der Waals surface area contributed by atoms with Crippen molar-refractivity contribution >= 4 is 74.5 Å². The molecule has 2 heterocycles. The maximum atomic E-state index is 14.3. The second-order valence-electron chi connectivity index (χ2n) is 10.5. The Morgan fingerprint density at radius 2 is 1.76 bits per heavy atom. The van der Waals surface area contributed by atoms with E-state index in [0.717, 1.165) is 12.7 Å². The molecule has 1 aromatic heterocycles. The van der Waals surface area contributed by atoms with Gasteiger partial charge in [-0.1, -0.05) is 29.5 Å². The lowest BCUT2D eigenvalue weighted by Crippen LogP contribution is -2.40. The van der Waals surface area contributed by atoms with Crippen LogP contribution in [0.4, 0.5) is 4.39 Å². The number of rotatable bonds is 12. The number of halogens is 3. The first-order valence-corrected chi connectivity index (χ1v) is 18.0. The van der Waals surface area contributed by atoms with Gasteiger partial charge in [0, 0.05) is 9.13 Å². The van der Waals surface area contributed by atoms with Crippen molar-refractivity contribution in [3.63, 3.8) is 0 Å². The molecule has 10 nitrogen and oxygen atoms in total. The minimum Gasteiger partial charge on any atom is -0.490 e. The number of esters is 2. The van der Waals surface area contributed by atoms with Gasteiger partial charge in [-0.3, -0.25) is 9.36 Å². The van der Waals surface area contributed by atoms with Crippen molar-refractivity contribution in [3.8, 4) is 17.2 Å². The summed E-state index contributed by atoms with van der Waals surface area (Å²) in [5, 5.41) is 0. The van der Waals surface area contributed by atoms with Crippen LogP contribution in [-0.2, 0) is 25.7 Å². The number of carbonyl (C=O) groups excluding carboxylic acids is 2. The topological polar surface area (TPSA) is 115 Å². The highest BCUT2D eigenvalue weighted by atomic mass is 127. The molecular weight excluding hydrogens is 881 g/mol. The Labute approximate surface area is 312 Å². The first-order chi connectivity index (χ1) is 23.5. The smallest absolute Gasteiger partial charge is 0.343 e. The molecular formula is C35H31FI2N2O8S. The molecule has 0 saturated heterocycles. The van der Waals surface area contributed by atoms with Crippen molar-refractivity contribution < 1.29 is 37.7 Å². The number of aromatic nitrogens is 1. The van der Waals surface area contributed by atoms with Gasteiger partial charge in [-0.2, -0.15) is 0 Å². The zero-order valence-corrected chi connectivity index (χ0v) is 32.0. The summed E-state index contributed by atoms with van der Waals surface area (Å²) >= 11 is 5.58. The predicted octanol–water partition coefficient (Wildman–Crippen LogP) is 5.68. The van der Waals surface area contributed by atoms with Crippen molar-refractivity contribution in [2.24, 2.45) is 4.99 Å². The van der Waals surface area contributed by atoms with Crippen LogP contribution in [0.5, 0.6) is 17.2 Å². The molecule has 0 spiro atoms. The number of carbonyl (C=O) groups is 2. The summed E-state index contributed by atoms with van der Waals surface area (Å²) in [6.45, 7) is 5.50. The summed E-state index contributed by atoms with van der Waals surface area (Å²) in [5.41, 5.74) is 2.26. The monoisotopic (exact) mass is 912 g/mol. The van der Waals surface area contributed by atoms with E-state index in [9.17, 15) is 18.8 Å². The summed E-state index contributed by atoms with van der Waals surface area (Å²) in [4.78, 5) is 44.6. The van der Waals surface area contributed by atoms with E-state index in [1.54, 1.807) is 57.2 Å². The van der Waals surface area contributed by atoms with E-state index in [1.165, 1.54) is 35.1 Å². The first kappa shape index (κ1) is 36.5. The molecule has 14 heteroatoms. The first-order valence-electron chi connectivity index (χ1n) is 15.1. The van der Waals surface area contributed by atoms with Gasteiger partial charge in [0.15, 0.2) is 22.9 Å². The quantitative estimate of drug-likeness (QED) is 0.132. The minimum absolute atomic E-state index is 0.128. The lowest BCUT2D eigenvalue weighted by atomic mass is 9.95. The van der Waals surface area contributed by atoms with Crippen molar-refractivity contribution in [3.05, 3.63) is 115 Å². The molecule has 4 aromatic rings. The summed E-state index contributed by atoms with van der Waals surface area (Å²) in [7, 11) is 1.26. The highest BCUT2D eigenvalue weighted by Gasteiger charge is 2.34. The molecule has 0 N–H and O–H groups in total. The Kier molecular flexibility index (Phi) is 12.1. The van der Waals surface area contributed by atoms with Crippen molar-refractivity contribution in [2.45, 2.75) is 33.4 Å². The number of benzene rings is 3. The Hall–Kier alpha value is -3.77. The molecule has 0 radical (unpaired) electrons. The molecule has 0 fully saturated rings. The fourth-order valence-electron chi connectivity index (χ4n) is 5.10. The Morgan fingerprint density at radius 3 is 2.45 bits per heavy atom. The predicted molar refractivity (Wildman–Crippen MR) is 198 cm³/mol. The number of hydrogen-bond donors (Lipinski definition) is 0. The van der Waals surface area contributed by atoms with Gasteiger partial charge in [0.2, 0.25) is 0 Å². The van der Waals surface area contributed by atoms with Gasteiger partial charge in [0.05, 0.1) is 45.7 Å². The van der Waals surface area contributed by atoms with Gasteiger partial charge in [-0.15, -0.1) is 0 Å². The molecule has 1 aliphatic heterocycles. The fourth-order valence-corrected chi connectivity index (χ4v) is 8.18. The van der Waals surface area contributed by atoms with Gasteiger partial charge in [-0.25, -0.2) is 19.0 Å². The number of thiazole rings is 1. The molecule has 256 valence electrons. The normalized spacial score (nSPS) is 14.2. The van der Waals surface area contributed by atoms with Gasteiger partial charge in [0.25, 0.3) is 5.56 Å². The third-order valence-electron chi connectivity index (χ3n) is 7.29. The highest BCUT2D eigenvalue weighted by Crippen LogP contribution is 2.37. The Bertz CT molecular complexity index is 2110. The van der Waals surface area contributed by atoms with Crippen LogP contribution >= 0.6 is 56.5 Å². The SMILES string of the molecule is CCOC(=O)C1=C(C)N=c2s/c(=C/c3cc(I)cc(I)c3OCc3ccc(F)cc3)c(=O)n2[C@H]1c1ccc(OCC(=O)OC)c(OCC)c1. The van der Waals surface area contributed by atoms with Crippen LogP contribution in [0.25, 0.3) is 6.08 Å². The van der Waals surface area contributed by atoms with Gasteiger partial charge in [0.1, 0.15) is 18.2 Å². The van der Waals surface area contributed by atoms with Crippen molar-refractivity contribution in [1.29, 1.82) is 0 Å². The second kappa shape index (κ2) is 16.3. The van der Waals surface area contributed by atoms with Crippen LogP contribution in [-0.4, -0.2) is 43.4 Å². The fraction of sp³-hybridized carbons (Fsp3) is 0.257.